The molecule has 8 nitrogen and oxygen atoms in total. The molecule has 0 aliphatic rings. The van der Waals surface area contributed by atoms with Crippen LogP contribution >= 0.6 is 0 Å². The van der Waals surface area contributed by atoms with Crippen molar-refractivity contribution < 1.29 is 18.9 Å². The standard InChI is InChI=1S/C10H18N4O4/c1-15-6-7-17-4-3-5-18-10-13-8(11)12-9(14-10)16-2/h3-7H2,1-2H3,(H2,11,12,13,14). The molecule has 2 N–H and O–H groups in total. The van der Waals surface area contributed by atoms with E-state index in [9.17, 15) is 0 Å². The average molecular weight is 258 g/mol. The summed E-state index contributed by atoms with van der Waals surface area (Å²) in [5.74, 6) is 0.0631. The fraction of sp³-hybridized carbons (Fsp3) is 0.700. The van der Waals surface area contributed by atoms with Gasteiger partial charge in [-0.25, -0.2) is 0 Å². The minimum Gasteiger partial charge on any atom is -0.467 e. The first-order chi connectivity index (χ1) is 8.76. The quantitative estimate of drug-likeness (QED) is 0.612. The Morgan fingerprint density at radius 3 is 2.44 bits per heavy atom. The minimum atomic E-state index is 0.0631. The van der Waals surface area contributed by atoms with Crippen molar-refractivity contribution in [3.8, 4) is 12.0 Å². The number of rotatable bonds is 9. The van der Waals surface area contributed by atoms with E-state index in [0.717, 1.165) is 6.42 Å². The molecular formula is C10H18N4O4. The summed E-state index contributed by atoms with van der Waals surface area (Å²) < 4.78 is 20.3. The van der Waals surface area contributed by atoms with Crippen molar-refractivity contribution in [3.63, 3.8) is 0 Å². The van der Waals surface area contributed by atoms with Crippen molar-refractivity contribution in [3.05, 3.63) is 0 Å². The highest BCUT2D eigenvalue weighted by molar-refractivity contribution is 5.20. The third-order valence-electron chi connectivity index (χ3n) is 1.89. The van der Waals surface area contributed by atoms with Crippen molar-refractivity contribution in [2.45, 2.75) is 6.42 Å². The van der Waals surface area contributed by atoms with E-state index in [0.29, 0.717) is 26.4 Å². The first-order valence-corrected chi connectivity index (χ1v) is 5.51. The smallest absolute Gasteiger partial charge is 0.324 e. The van der Waals surface area contributed by atoms with Crippen molar-refractivity contribution in [2.75, 3.05) is 46.4 Å². The summed E-state index contributed by atoms with van der Waals surface area (Å²) >= 11 is 0. The van der Waals surface area contributed by atoms with Crippen LogP contribution < -0.4 is 15.2 Å². The number of methoxy groups -OCH3 is 2. The maximum absolute atomic E-state index is 5.46. The summed E-state index contributed by atoms with van der Waals surface area (Å²) in [4.78, 5) is 11.5. The Morgan fingerprint density at radius 2 is 1.72 bits per heavy atom. The van der Waals surface area contributed by atoms with Gasteiger partial charge >= 0.3 is 12.0 Å². The van der Waals surface area contributed by atoms with E-state index in [1.54, 1.807) is 7.11 Å². The van der Waals surface area contributed by atoms with Crippen molar-refractivity contribution in [1.29, 1.82) is 0 Å². The van der Waals surface area contributed by atoms with Gasteiger partial charge in [0.05, 0.1) is 26.9 Å². The lowest BCUT2D eigenvalue weighted by Gasteiger charge is -2.06. The number of ether oxygens (including phenoxy) is 4. The van der Waals surface area contributed by atoms with Crippen molar-refractivity contribution >= 4 is 5.95 Å². The van der Waals surface area contributed by atoms with Gasteiger partial charge in [-0.05, 0) is 0 Å². The Bertz CT molecular complexity index is 351. The lowest BCUT2D eigenvalue weighted by atomic mass is 10.5. The fourth-order valence-electron chi connectivity index (χ4n) is 1.08. The molecule has 0 unspecified atom stereocenters. The number of anilines is 1. The maximum Gasteiger partial charge on any atom is 0.324 e. The molecule has 0 spiro atoms. The first kappa shape index (κ1) is 14.4. The maximum atomic E-state index is 5.46. The predicted molar refractivity (Wildman–Crippen MR) is 63.6 cm³/mol. The molecule has 1 rings (SSSR count). The van der Waals surface area contributed by atoms with E-state index in [1.807, 2.05) is 0 Å². The van der Waals surface area contributed by atoms with E-state index in [-0.39, 0.29) is 18.0 Å². The van der Waals surface area contributed by atoms with E-state index in [2.05, 4.69) is 15.0 Å². The largest absolute Gasteiger partial charge is 0.467 e. The van der Waals surface area contributed by atoms with Crippen LogP contribution in [0.2, 0.25) is 0 Å². The third kappa shape index (κ3) is 5.60. The first-order valence-electron chi connectivity index (χ1n) is 5.51. The Morgan fingerprint density at radius 1 is 0.944 bits per heavy atom. The molecule has 102 valence electrons. The van der Waals surface area contributed by atoms with Gasteiger partial charge in [0.15, 0.2) is 0 Å². The molecule has 1 aromatic rings. The van der Waals surface area contributed by atoms with Crippen LogP contribution in [0.3, 0.4) is 0 Å². The normalized spacial score (nSPS) is 10.3. The molecule has 0 aromatic carbocycles. The van der Waals surface area contributed by atoms with E-state index in [4.69, 9.17) is 24.7 Å². The SMILES string of the molecule is COCCOCCCOc1nc(N)nc(OC)n1. The molecule has 0 aliphatic carbocycles. The lowest BCUT2D eigenvalue weighted by Crippen LogP contribution is -2.09. The highest BCUT2D eigenvalue weighted by Crippen LogP contribution is 2.10. The second-order valence-electron chi connectivity index (χ2n) is 3.27. The van der Waals surface area contributed by atoms with Gasteiger partial charge < -0.3 is 24.7 Å². The van der Waals surface area contributed by atoms with Crippen LogP contribution in [0.5, 0.6) is 12.0 Å². The zero-order valence-corrected chi connectivity index (χ0v) is 10.6. The van der Waals surface area contributed by atoms with E-state index < -0.39 is 0 Å². The highest BCUT2D eigenvalue weighted by atomic mass is 16.5. The second-order valence-corrected chi connectivity index (χ2v) is 3.27. The van der Waals surface area contributed by atoms with Gasteiger partial charge in [-0.15, -0.1) is 4.98 Å². The zero-order valence-electron chi connectivity index (χ0n) is 10.6. The number of nitrogens with two attached hydrogens (primary N) is 1. The van der Waals surface area contributed by atoms with Crippen molar-refractivity contribution in [1.82, 2.24) is 15.0 Å². The molecule has 0 fully saturated rings. The Balaban J connectivity index is 2.20. The molecule has 0 saturated carbocycles. The summed E-state index contributed by atoms with van der Waals surface area (Å²) in [5, 5.41) is 0. The molecule has 8 heteroatoms. The van der Waals surface area contributed by atoms with Gasteiger partial charge in [-0.3, -0.25) is 0 Å². The molecule has 1 heterocycles. The van der Waals surface area contributed by atoms with Crippen LogP contribution in [0.1, 0.15) is 6.42 Å². The van der Waals surface area contributed by atoms with Gasteiger partial charge in [0.25, 0.3) is 0 Å². The number of aromatic nitrogens is 3. The topological polar surface area (TPSA) is 102 Å². The number of nitrogens with zero attached hydrogens (tertiary/aromatic N) is 3. The predicted octanol–water partition coefficient (Wildman–Crippen LogP) is -0.106. The Hall–Kier alpha value is -1.67. The zero-order chi connectivity index (χ0) is 13.2. The molecule has 0 aliphatic heterocycles. The monoisotopic (exact) mass is 258 g/mol. The van der Waals surface area contributed by atoms with Gasteiger partial charge in [-0.1, -0.05) is 0 Å². The second kappa shape index (κ2) is 8.43. The van der Waals surface area contributed by atoms with Crippen molar-refractivity contribution in [2.24, 2.45) is 0 Å². The van der Waals surface area contributed by atoms with Crippen LogP contribution in [-0.2, 0) is 9.47 Å². The highest BCUT2D eigenvalue weighted by Gasteiger charge is 2.04. The summed E-state index contributed by atoms with van der Waals surface area (Å²) in [6.45, 7) is 2.17. The number of hydrogen-bond acceptors (Lipinski definition) is 8. The minimum absolute atomic E-state index is 0.0631. The Labute approximate surface area is 105 Å². The fourth-order valence-corrected chi connectivity index (χ4v) is 1.08. The molecule has 0 atom stereocenters. The van der Waals surface area contributed by atoms with Gasteiger partial charge in [0.1, 0.15) is 0 Å². The molecule has 0 bridgehead atoms. The van der Waals surface area contributed by atoms with Gasteiger partial charge in [0.2, 0.25) is 5.95 Å². The lowest BCUT2D eigenvalue weighted by molar-refractivity contribution is 0.0639. The van der Waals surface area contributed by atoms with Gasteiger partial charge in [0, 0.05) is 20.1 Å². The van der Waals surface area contributed by atoms with Crippen LogP contribution in [0.25, 0.3) is 0 Å². The van der Waals surface area contributed by atoms with Crippen LogP contribution in [-0.4, -0.2) is 55.6 Å². The third-order valence-corrected chi connectivity index (χ3v) is 1.89. The van der Waals surface area contributed by atoms with Crippen LogP contribution in [0.15, 0.2) is 0 Å². The molecule has 1 aromatic heterocycles. The van der Waals surface area contributed by atoms with Gasteiger partial charge in [-0.2, -0.15) is 9.97 Å². The number of hydrogen-bond donors (Lipinski definition) is 1. The average Bonchev–Trinajstić information content (AvgIpc) is 2.37. The molecule has 0 radical (unpaired) electrons. The van der Waals surface area contributed by atoms with E-state index in [1.165, 1.54) is 7.11 Å². The summed E-state index contributed by atoms with van der Waals surface area (Å²) in [6.07, 6.45) is 0.720. The molecular weight excluding hydrogens is 240 g/mol. The summed E-state index contributed by atoms with van der Waals surface area (Å²) in [5.41, 5.74) is 5.46. The molecule has 18 heavy (non-hydrogen) atoms. The van der Waals surface area contributed by atoms with Crippen LogP contribution in [0.4, 0.5) is 5.95 Å². The number of nitrogen functional groups attached to an aromatic ring is 1. The summed E-state index contributed by atoms with van der Waals surface area (Å²) in [7, 11) is 3.08. The molecule has 0 amide bonds. The Kier molecular flexibility index (Phi) is 6.74. The molecule has 0 saturated heterocycles. The van der Waals surface area contributed by atoms with E-state index >= 15 is 0 Å². The summed E-state index contributed by atoms with van der Waals surface area (Å²) in [6, 6.07) is 0.282. The van der Waals surface area contributed by atoms with Crippen LogP contribution in [0, 0.1) is 0 Å².